The molecule has 0 aliphatic carbocycles. The first-order valence-electron chi connectivity index (χ1n) is 37.2. The quantitative estimate of drug-likeness (QED) is 0.128. The molecule has 3 heterocycles. The van der Waals surface area contributed by atoms with Crippen molar-refractivity contribution in [3.05, 3.63) is 272 Å². The third-order valence-corrected chi connectivity index (χ3v) is 13.5. The molecule has 0 atom stereocenters. The number of fused-ring (bicyclic) bond motifs is 4. The van der Waals surface area contributed by atoms with Gasteiger partial charge < -0.3 is 19.1 Å². The Hall–Kier alpha value is -8.76. The van der Waals surface area contributed by atoms with Gasteiger partial charge in [0, 0.05) is 72.5 Å². The van der Waals surface area contributed by atoms with E-state index >= 15 is 0 Å². The first-order chi connectivity index (χ1) is 48.4. The molecule has 80 heavy (non-hydrogen) atoms. The summed E-state index contributed by atoms with van der Waals surface area (Å²) in [4.78, 5) is 7.69. The molecule has 5 nitrogen and oxygen atoms in total. The fourth-order valence-electron chi connectivity index (χ4n) is 9.70. The van der Waals surface area contributed by atoms with Crippen molar-refractivity contribution in [2.75, 3.05) is 9.80 Å². The molecule has 0 unspecified atom stereocenters. The third kappa shape index (κ3) is 9.71. The number of aromatic nitrogens is 2. The molecular weight excluding hydrogens is 1160 g/mol. The van der Waals surface area contributed by atoms with Crippen LogP contribution in [0.4, 0.5) is 22.7 Å². The number of ether oxygens (including phenoxy) is 1. The molecule has 2 aromatic heterocycles. The van der Waals surface area contributed by atoms with Gasteiger partial charge in [0.2, 0.25) is 0 Å². The van der Waals surface area contributed by atoms with Crippen LogP contribution < -0.4 is 14.5 Å². The van der Waals surface area contributed by atoms with Crippen molar-refractivity contribution in [2.45, 2.75) is 52.4 Å². The van der Waals surface area contributed by atoms with Crippen molar-refractivity contribution in [3.8, 4) is 73.0 Å². The number of anilines is 4. The average molecular weight is 1240 g/mol. The molecule has 13 rings (SSSR count). The zero-order valence-corrected chi connectivity index (χ0v) is 46.1. The number of nitrogens with zero attached hydrogens (tertiary/aromatic N) is 4. The van der Waals surface area contributed by atoms with Crippen LogP contribution in [0.5, 0.6) is 11.5 Å². The molecule has 0 bridgehead atoms. The van der Waals surface area contributed by atoms with Gasteiger partial charge in [0.05, 0.1) is 32.9 Å². The molecule has 0 saturated carbocycles. The van der Waals surface area contributed by atoms with Crippen molar-refractivity contribution >= 4 is 44.6 Å². The van der Waals surface area contributed by atoms with E-state index in [1.54, 1.807) is 80.4 Å². The van der Waals surface area contributed by atoms with Gasteiger partial charge in [-0.25, -0.2) is 4.98 Å². The van der Waals surface area contributed by atoms with Crippen molar-refractivity contribution in [3.63, 3.8) is 0 Å². The van der Waals surface area contributed by atoms with Gasteiger partial charge in [-0.05, 0) is 126 Å². The summed E-state index contributed by atoms with van der Waals surface area (Å²) < 4.78 is 236. The van der Waals surface area contributed by atoms with E-state index in [1.807, 2.05) is 47.0 Å². The Morgan fingerprint density at radius 3 is 1.59 bits per heavy atom. The second kappa shape index (κ2) is 21.1. The van der Waals surface area contributed by atoms with E-state index in [9.17, 15) is 21.9 Å². The van der Waals surface area contributed by atoms with Crippen molar-refractivity contribution < 1.29 is 58.7 Å². The van der Waals surface area contributed by atoms with Gasteiger partial charge in [-0.3, -0.25) is 0 Å². The largest absolute Gasteiger partial charge is 0.509 e. The Morgan fingerprint density at radius 1 is 0.487 bits per heavy atom. The van der Waals surface area contributed by atoms with Gasteiger partial charge in [0.15, 0.2) is 0 Å². The molecule has 0 amide bonds. The molecule has 0 spiro atoms. The number of para-hydroxylation sites is 3. The van der Waals surface area contributed by atoms with Crippen LogP contribution in [0.15, 0.2) is 242 Å². The predicted octanol–water partition coefficient (Wildman–Crippen LogP) is 19.9. The van der Waals surface area contributed by atoms with Crippen LogP contribution in [0.1, 0.15) is 85.6 Å². The Bertz CT molecular complexity index is 5400. The Morgan fingerprint density at radius 2 is 1.01 bits per heavy atom. The first kappa shape index (κ1) is 31.1. The van der Waals surface area contributed by atoms with Gasteiger partial charge in [-0.2, -0.15) is 12.1 Å². The van der Waals surface area contributed by atoms with Gasteiger partial charge >= 0.3 is 0 Å². The first-order valence-corrected chi connectivity index (χ1v) is 25.2. The monoisotopic (exact) mass is 1240 g/mol. The molecule has 12 aromatic rings. The summed E-state index contributed by atoms with van der Waals surface area (Å²) >= 11 is 0. The van der Waals surface area contributed by atoms with Crippen LogP contribution in [0.3, 0.4) is 0 Å². The normalized spacial score (nSPS) is 16.6. The van der Waals surface area contributed by atoms with Gasteiger partial charge in [-0.15, -0.1) is 48.1 Å². The summed E-state index contributed by atoms with van der Waals surface area (Å²) in [6.45, 7) is 12.4. The molecule has 0 N–H and O–H groups in total. The van der Waals surface area contributed by atoms with Gasteiger partial charge in [0.25, 0.3) is 0 Å². The van der Waals surface area contributed by atoms with E-state index < -0.39 is 212 Å². The summed E-state index contributed by atoms with van der Waals surface area (Å²) in [5.41, 5.74) is -7.40. The molecule has 1 aliphatic heterocycles. The summed E-state index contributed by atoms with van der Waals surface area (Å²) in [5.74, 6) is 1.08. The van der Waals surface area contributed by atoms with Crippen molar-refractivity contribution in [1.82, 2.24) is 9.55 Å². The van der Waals surface area contributed by atoms with Gasteiger partial charge in [0.1, 0.15) is 5.82 Å². The average Bonchev–Trinajstić information content (AvgIpc) is 0.698. The van der Waals surface area contributed by atoms with E-state index in [1.165, 1.54) is 11.6 Å². The maximum atomic E-state index is 11.0. The van der Waals surface area contributed by atoms with Crippen LogP contribution in [-0.4, -0.2) is 9.55 Å². The molecule has 1 aliphatic rings. The third-order valence-electron chi connectivity index (χ3n) is 13.5. The second-order valence-electron chi connectivity index (χ2n) is 20.7. The van der Waals surface area contributed by atoms with E-state index in [4.69, 9.17) is 20.7 Å². The molecule has 10 aromatic carbocycles. The van der Waals surface area contributed by atoms with Crippen LogP contribution in [0.2, 0.25) is 0 Å². The minimum absolute atomic E-state index is 0. The van der Waals surface area contributed by atoms with E-state index in [0.717, 1.165) is 21.9 Å². The molecule has 0 radical (unpaired) electrons. The summed E-state index contributed by atoms with van der Waals surface area (Å²) in [6.07, 6.45) is 1.76. The van der Waals surface area contributed by atoms with E-state index in [-0.39, 0.29) is 54.9 Å². The molecule has 6 heteroatoms. The molecular formula is C74H59N4OPt-3. The minimum atomic E-state index is -1.40. The number of hydrogen-bond donors (Lipinski definition) is 0. The molecule has 394 valence electrons. The van der Waals surface area contributed by atoms with Crippen molar-refractivity contribution in [1.29, 1.82) is 0 Å². The number of benzene rings is 10. The standard InChI is InChI=1S/C74H59N4O.Pt/c1-73(2,3)55-40-41-75-70(46-55)78-66-35-20-19-34-60(66)61-39-38-59(48-69(61)78)79-58-33-23-32-57(47-58)76-49-77(68-37-22-21-36-67(68)76)72-64(52-28-15-9-16-29-52)42-54(43-65(72)53-30-17-10-18-31-53)71-62(50-24-11-7-12-25-50)44-56(74(4,5)6)45-63(71)51-26-13-8-14-27-51;/h7-46,49H,1-6H3;/q-3;/i7D,8D,9D,10D,11D,12D,13D,14D,15D,16D,17D,18D,24D,25D,26D,27D,28D,29D,30D,31D,42D,43D,44D,45D;. The zero-order valence-electron chi connectivity index (χ0n) is 67.8. The molecule has 0 fully saturated rings. The van der Waals surface area contributed by atoms with Gasteiger partial charge in [-0.1, -0.05) is 198 Å². The summed E-state index contributed by atoms with van der Waals surface area (Å²) in [7, 11) is 0. The smallest absolute Gasteiger partial charge is 0.135 e. The van der Waals surface area contributed by atoms with E-state index in [2.05, 4.69) is 32.9 Å². The Kier molecular flexibility index (Phi) is 8.22. The number of rotatable bonds is 10. The van der Waals surface area contributed by atoms with E-state index in [0.29, 0.717) is 17.0 Å². The van der Waals surface area contributed by atoms with Crippen LogP contribution in [-0.2, 0) is 31.9 Å². The second-order valence-corrected chi connectivity index (χ2v) is 20.7. The maximum absolute atomic E-state index is 11.0. The Labute approximate surface area is 518 Å². The van der Waals surface area contributed by atoms with Crippen LogP contribution in [0, 0.1) is 18.8 Å². The minimum Gasteiger partial charge on any atom is -0.509 e. The number of pyridine rings is 1. The van der Waals surface area contributed by atoms with Crippen molar-refractivity contribution in [2.24, 2.45) is 0 Å². The summed E-state index contributed by atoms with van der Waals surface area (Å²) in [5, 5.41) is 1.80. The number of hydrogen-bond acceptors (Lipinski definition) is 4. The predicted molar refractivity (Wildman–Crippen MR) is 329 cm³/mol. The SMILES string of the molecule is [2H]c1c([2H])c([2H])c(-c2c([2H])c(C(C)(C)C)c([2H])c(-c3c([2H])c([2H])c([2H])c([2H])c3[2H])c2-c2c([2H])c(-c3c([2H])c([2H])c([2H])c([2H])c3[2H])c(N3[CH-]N(c4[c-]c(Oc5[c-]c6c(cc5)c5ccccc5n6-c5cc(C(C)(C)C)ccn5)ccc4)c4ccccc43)c(-c3c([2H])c([2H])c([2H])c([2H])c3[2H])c2[2H])c([2H])c1[2H].[Pt]. The fourth-order valence-corrected chi connectivity index (χ4v) is 9.70. The zero-order chi connectivity index (χ0) is 74.7. The van der Waals surface area contributed by atoms with Crippen LogP contribution in [0.25, 0.3) is 83.3 Å². The topological polar surface area (TPSA) is 33.5 Å². The van der Waals surface area contributed by atoms with Crippen LogP contribution >= 0.6 is 0 Å². The summed E-state index contributed by atoms with van der Waals surface area (Å²) in [6, 6.07) is 10.7. The Balaban J connectivity index is 0.0000102. The molecule has 0 saturated heterocycles. The fraction of sp³-hybridized carbons (Fsp3) is 0.108. The maximum Gasteiger partial charge on any atom is 0.135 e.